The van der Waals surface area contributed by atoms with Crippen molar-refractivity contribution in [1.82, 2.24) is 4.31 Å². The first-order valence-corrected chi connectivity index (χ1v) is 5.10. The van der Waals surface area contributed by atoms with E-state index in [9.17, 15) is 13.2 Å². The third-order valence-corrected chi connectivity index (χ3v) is 2.76. The van der Waals surface area contributed by atoms with Gasteiger partial charge in [-0.1, -0.05) is 0 Å². The van der Waals surface area contributed by atoms with E-state index < -0.39 is 22.2 Å². The molecule has 7 nitrogen and oxygen atoms in total. The molecule has 1 aliphatic rings. The van der Waals surface area contributed by atoms with Gasteiger partial charge < -0.3 is 10.5 Å². The van der Waals surface area contributed by atoms with E-state index in [0.29, 0.717) is 0 Å². The van der Waals surface area contributed by atoms with Gasteiger partial charge in [-0.2, -0.15) is 12.7 Å². The monoisotopic (exact) mass is 209 g/mol. The third kappa shape index (κ3) is 2.62. The summed E-state index contributed by atoms with van der Waals surface area (Å²) in [4.78, 5) is 10.7. The van der Waals surface area contributed by atoms with Gasteiger partial charge in [0.05, 0.1) is 13.2 Å². The van der Waals surface area contributed by atoms with Crippen LogP contribution in [-0.2, 0) is 19.7 Å². The summed E-state index contributed by atoms with van der Waals surface area (Å²) < 4.78 is 27.6. The molecule has 0 aromatic heterocycles. The van der Waals surface area contributed by atoms with Gasteiger partial charge in [-0.15, -0.1) is 0 Å². The minimum Gasteiger partial charge on any atom is -0.367 e. The van der Waals surface area contributed by atoms with Gasteiger partial charge in [0.15, 0.2) is 0 Å². The van der Waals surface area contributed by atoms with Gasteiger partial charge in [-0.25, -0.2) is 5.14 Å². The first kappa shape index (κ1) is 10.4. The van der Waals surface area contributed by atoms with E-state index in [1.165, 1.54) is 0 Å². The van der Waals surface area contributed by atoms with E-state index in [4.69, 9.17) is 15.6 Å². The van der Waals surface area contributed by atoms with Crippen LogP contribution in [0.4, 0.5) is 0 Å². The molecule has 0 radical (unpaired) electrons. The maximum atomic E-state index is 10.9. The molecule has 13 heavy (non-hydrogen) atoms. The van der Waals surface area contributed by atoms with E-state index in [0.717, 1.165) is 4.31 Å². The van der Waals surface area contributed by atoms with Crippen LogP contribution in [0.2, 0.25) is 0 Å². The summed E-state index contributed by atoms with van der Waals surface area (Å²) in [5.41, 5.74) is 4.95. The van der Waals surface area contributed by atoms with E-state index >= 15 is 0 Å². The Labute approximate surface area is 75.8 Å². The number of amides is 1. The largest absolute Gasteiger partial charge is 0.367 e. The van der Waals surface area contributed by atoms with Crippen molar-refractivity contribution in [3.8, 4) is 0 Å². The summed E-state index contributed by atoms with van der Waals surface area (Å²) in [5, 5.41) is 4.86. The summed E-state index contributed by atoms with van der Waals surface area (Å²) in [6.07, 6.45) is -0.896. The molecule has 1 aliphatic heterocycles. The highest BCUT2D eigenvalue weighted by atomic mass is 32.2. The molecule has 1 atom stereocenters. The Morgan fingerprint density at radius 2 is 2.15 bits per heavy atom. The minimum absolute atomic E-state index is 0.103. The van der Waals surface area contributed by atoms with Crippen LogP contribution in [0.5, 0.6) is 0 Å². The summed E-state index contributed by atoms with van der Waals surface area (Å²) in [6.45, 7) is 0.181. The number of nitrogens with zero attached hydrogens (tertiary/aromatic N) is 1. The van der Waals surface area contributed by atoms with Crippen LogP contribution in [0.1, 0.15) is 0 Å². The molecule has 1 heterocycles. The van der Waals surface area contributed by atoms with Crippen molar-refractivity contribution in [1.29, 1.82) is 0 Å². The molecular formula is C5H11N3O4S. The lowest BCUT2D eigenvalue weighted by Crippen LogP contribution is -2.52. The SMILES string of the molecule is NC(=O)C1CN(S(N)(=O)=O)CCO1. The summed E-state index contributed by atoms with van der Waals surface area (Å²) in [6, 6.07) is 0. The van der Waals surface area contributed by atoms with Gasteiger partial charge in [-0.3, -0.25) is 4.79 Å². The Kier molecular flexibility index (Phi) is 2.86. The molecule has 1 unspecified atom stereocenters. The lowest BCUT2D eigenvalue weighted by atomic mass is 10.3. The highest BCUT2D eigenvalue weighted by Gasteiger charge is 2.29. The summed E-state index contributed by atoms with van der Waals surface area (Å²) >= 11 is 0. The van der Waals surface area contributed by atoms with Crippen LogP contribution in [0.3, 0.4) is 0 Å². The Morgan fingerprint density at radius 3 is 2.62 bits per heavy atom. The Balaban J connectivity index is 2.67. The fourth-order valence-electron chi connectivity index (χ4n) is 1.03. The molecule has 0 aliphatic carbocycles. The number of carbonyl (C=O) groups excluding carboxylic acids is 1. The molecule has 0 bridgehead atoms. The molecule has 1 saturated heterocycles. The number of hydrogen-bond acceptors (Lipinski definition) is 4. The van der Waals surface area contributed by atoms with Crippen molar-refractivity contribution in [3.63, 3.8) is 0 Å². The smallest absolute Gasteiger partial charge is 0.277 e. The molecule has 0 saturated carbocycles. The maximum absolute atomic E-state index is 10.9. The van der Waals surface area contributed by atoms with Crippen molar-refractivity contribution >= 4 is 16.1 Å². The number of nitrogens with two attached hydrogens (primary N) is 2. The Morgan fingerprint density at radius 1 is 1.54 bits per heavy atom. The molecule has 0 aromatic rings. The molecule has 76 valence electrons. The number of morpholine rings is 1. The molecule has 8 heteroatoms. The highest BCUT2D eigenvalue weighted by molar-refractivity contribution is 7.86. The van der Waals surface area contributed by atoms with Crippen LogP contribution in [0.25, 0.3) is 0 Å². The second-order valence-corrected chi connectivity index (χ2v) is 4.21. The van der Waals surface area contributed by atoms with E-state index in [2.05, 4.69) is 0 Å². The van der Waals surface area contributed by atoms with Crippen molar-refractivity contribution in [2.45, 2.75) is 6.10 Å². The van der Waals surface area contributed by atoms with Crippen molar-refractivity contribution in [2.24, 2.45) is 10.9 Å². The van der Waals surface area contributed by atoms with Crippen molar-refractivity contribution < 1.29 is 17.9 Å². The normalized spacial score (nSPS) is 25.8. The molecular weight excluding hydrogens is 198 g/mol. The molecule has 0 spiro atoms. The zero-order chi connectivity index (χ0) is 10.1. The maximum Gasteiger partial charge on any atom is 0.277 e. The molecule has 1 rings (SSSR count). The van der Waals surface area contributed by atoms with Gasteiger partial charge in [0.2, 0.25) is 5.91 Å². The first-order chi connectivity index (χ1) is 5.91. The predicted molar refractivity (Wildman–Crippen MR) is 43.6 cm³/mol. The van der Waals surface area contributed by atoms with E-state index in [1.807, 2.05) is 0 Å². The fourth-order valence-corrected chi connectivity index (χ4v) is 1.70. The minimum atomic E-state index is -3.75. The number of carbonyl (C=O) groups is 1. The van der Waals surface area contributed by atoms with Crippen molar-refractivity contribution in [2.75, 3.05) is 19.7 Å². The van der Waals surface area contributed by atoms with Gasteiger partial charge in [0.25, 0.3) is 10.2 Å². The van der Waals surface area contributed by atoms with Crippen LogP contribution in [0, 0.1) is 0 Å². The third-order valence-electron chi connectivity index (χ3n) is 1.71. The lowest BCUT2D eigenvalue weighted by Gasteiger charge is -2.28. The molecule has 0 aromatic carbocycles. The van der Waals surface area contributed by atoms with E-state index in [1.54, 1.807) is 0 Å². The van der Waals surface area contributed by atoms with Crippen LogP contribution >= 0.6 is 0 Å². The Bertz CT molecular complexity index is 301. The lowest BCUT2D eigenvalue weighted by molar-refractivity contribution is -0.132. The van der Waals surface area contributed by atoms with Crippen molar-refractivity contribution in [3.05, 3.63) is 0 Å². The van der Waals surface area contributed by atoms with Crippen LogP contribution in [0.15, 0.2) is 0 Å². The van der Waals surface area contributed by atoms with Gasteiger partial charge >= 0.3 is 0 Å². The van der Waals surface area contributed by atoms with Crippen LogP contribution in [-0.4, -0.2) is 44.4 Å². The number of hydrogen-bond donors (Lipinski definition) is 2. The average Bonchev–Trinajstić information content (AvgIpc) is 2.03. The zero-order valence-corrected chi connectivity index (χ0v) is 7.66. The molecule has 1 amide bonds. The zero-order valence-electron chi connectivity index (χ0n) is 6.84. The van der Waals surface area contributed by atoms with Crippen LogP contribution < -0.4 is 10.9 Å². The standard InChI is InChI=1S/C5H11N3O4S/c6-5(9)4-3-8(1-2-12-4)13(7,10)11/h4H,1-3H2,(H2,6,9)(H2,7,10,11). The molecule has 4 N–H and O–H groups in total. The topological polar surface area (TPSA) is 116 Å². The second-order valence-electron chi connectivity index (χ2n) is 2.66. The number of rotatable bonds is 2. The van der Waals surface area contributed by atoms with Gasteiger partial charge in [0, 0.05) is 6.54 Å². The van der Waals surface area contributed by atoms with Gasteiger partial charge in [0.1, 0.15) is 6.10 Å². The predicted octanol–water partition coefficient (Wildman–Crippen LogP) is -2.62. The first-order valence-electron chi connectivity index (χ1n) is 3.60. The fraction of sp³-hybridized carbons (Fsp3) is 0.800. The highest BCUT2D eigenvalue weighted by Crippen LogP contribution is 2.06. The Hall–Kier alpha value is -0.700. The quantitative estimate of drug-likeness (QED) is 0.517. The average molecular weight is 209 g/mol. The van der Waals surface area contributed by atoms with E-state index in [-0.39, 0.29) is 19.7 Å². The number of primary amides is 1. The molecule has 1 fully saturated rings. The number of ether oxygens (including phenoxy) is 1. The second kappa shape index (κ2) is 3.58. The summed E-state index contributed by atoms with van der Waals surface area (Å²) in [7, 11) is -3.75. The summed E-state index contributed by atoms with van der Waals surface area (Å²) in [5.74, 6) is -0.687. The van der Waals surface area contributed by atoms with Gasteiger partial charge in [-0.05, 0) is 0 Å².